The van der Waals surface area contributed by atoms with Crippen LogP contribution in [0.1, 0.15) is 12.0 Å². The molecule has 1 heterocycles. The van der Waals surface area contributed by atoms with Gasteiger partial charge >= 0.3 is 12.2 Å². The topological polar surface area (TPSA) is 117 Å². The fraction of sp³-hybridized carbons (Fsp3) is 0.263. The first kappa shape index (κ1) is 21.9. The maximum absolute atomic E-state index is 12.8. The number of nitro benzene ring substituents is 1. The molecule has 0 radical (unpaired) electrons. The van der Waals surface area contributed by atoms with Gasteiger partial charge < -0.3 is 16.0 Å². The molecule has 0 atom stereocenters. The molecular weight excluding hydrogens is 419 g/mol. The van der Waals surface area contributed by atoms with Gasteiger partial charge in [0.15, 0.2) is 0 Å². The number of carbonyl (C=O) groups excluding carboxylic acids is 2. The number of halogens is 3. The molecule has 0 spiro atoms. The summed E-state index contributed by atoms with van der Waals surface area (Å²) in [7, 11) is 0. The molecule has 3 amide bonds. The van der Waals surface area contributed by atoms with Crippen LogP contribution in [0.25, 0.3) is 0 Å². The lowest BCUT2D eigenvalue weighted by atomic mass is 10.1. The number of nitrogens with zero attached hydrogens (tertiary/aromatic N) is 2. The smallest absolute Gasteiger partial charge is 0.379 e. The Morgan fingerprint density at radius 2 is 2.00 bits per heavy atom. The van der Waals surface area contributed by atoms with E-state index in [9.17, 15) is 32.9 Å². The van der Waals surface area contributed by atoms with Crippen molar-refractivity contribution in [2.75, 3.05) is 35.2 Å². The van der Waals surface area contributed by atoms with E-state index in [0.29, 0.717) is 30.5 Å². The number of carbonyl (C=O) groups is 2. The van der Waals surface area contributed by atoms with Crippen LogP contribution in [-0.4, -0.2) is 36.5 Å². The quantitative estimate of drug-likeness (QED) is 0.452. The Labute approximate surface area is 174 Å². The number of hydrogen-bond donors (Lipinski definition) is 3. The van der Waals surface area contributed by atoms with Crippen LogP contribution in [0.3, 0.4) is 0 Å². The van der Waals surface area contributed by atoms with Gasteiger partial charge in [0, 0.05) is 43.5 Å². The SMILES string of the molecule is O=C(CCNc1ccc(C(F)(F)F)cc1[N+](=O)[O-])Nc1cccc(N2CCNC2=O)c1. The van der Waals surface area contributed by atoms with Crippen molar-refractivity contribution in [3.8, 4) is 0 Å². The van der Waals surface area contributed by atoms with Gasteiger partial charge in [-0.3, -0.25) is 19.8 Å². The van der Waals surface area contributed by atoms with E-state index >= 15 is 0 Å². The average molecular weight is 437 g/mol. The van der Waals surface area contributed by atoms with Crippen LogP contribution < -0.4 is 20.9 Å². The zero-order chi connectivity index (χ0) is 22.6. The van der Waals surface area contributed by atoms with Crippen molar-refractivity contribution in [1.82, 2.24) is 5.32 Å². The van der Waals surface area contributed by atoms with E-state index in [2.05, 4.69) is 16.0 Å². The Morgan fingerprint density at radius 1 is 1.23 bits per heavy atom. The number of anilines is 3. The monoisotopic (exact) mass is 437 g/mol. The van der Waals surface area contributed by atoms with E-state index in [1.54, 1.807) is 24.3 Å². The van der Waals surface area contributed by atoms with Gasteiger partial charge in [0.2, 0.25) is 5.91 Å². The molecule has 164 valence electrons. The molecule has 1 saturated heterocycles. The first-order valence-electron chi connectivity index (χ1n) is 9.20. The molecule has 2 aromatic carbocycles. The number of alkyl halides is 3. The van der Waals surface area contributed by atoms with Crippen molar-refractivity contribution in [2.24, 2.45) is 0 Å². The number of amides is 3. The number of rotatable bonds is 7. The summed E-state index contributed by atoms with van der Waals surface area (Å²) in [5, 5.41) is 19.0. The van der Waals surface area contributed by atoms with E-state index in [1.807, 2.05) is 0 Å². The second kappa shape index (κ2) is 8.90. The lowest BCUT2D eigenvalue weighted by Gasteiger charge is -2.15. The van der Waals surface area contributed by atoms with Crippen LogP contribution in [0, 0.1) is 10.1 Å². The van der Waals surface area contributed by atoms with Crippen LogP contribution in [0.5, 0.6) is 0 Å². The molecule has 0 aromatic heterocycles. The molecule has 3 N–H and O–H groups in total. The van der Waals surface area contributed by atoms with Crippen LogP contribution in [0.2, 0.25) is 0 Å². The number of urea groups is 1. The van der Waals surface area contributed by atoms with Crippen LogP contribution in [0.15, 0.2) is 42.5 Å². The van der Waals surface area contributed by atoms with Crippen LogP contribution in [0.4, 0.5) is 40.7 Å². The van der Waals surface area contributed by atoms with Crippen molar-refractivity contribution in [1.29, 1.82) is 0 Å². The van der Waals surface area contributed by atoms with Crippen LogP contribution in [-0.2, 0) is 11.0 Å². The molecule has 0 saturated carbocycles. The van der Waals surface area contributed by atoms with Gasteiger partial charge in [-0.2, -0.15) is 13.2 Å². The molecule has 1 fully saturated rings. The van der Waals surface area contributed by atoms with Gasteiger partial charge in [-0.25, -0.2) is 4.79 Å². The first-order chi connectivity index (χ1) is 14.6. The van der Waals surface area contributed by atoms with E-state index < -0.39 is 28.3 Å². The highest BCUT2D eigenvalue weighted by Crippen LogP contribution is 2.35. The third-order valence-electron chi connectivity index (χ3n) is 4.49. The second-order valence-electron chi connectivity index (χ2n) is 6.65. The highest BCUT2D eigenvalue weighted by atomic mass is 19.4. The second-order valence-corrected chi connectivity index (χ2v) is 6.65. The van der Waals surface area contributed by atoms with E-state index in [1.165, 1.54) is 4.90 Å². The predicted octanol–water partition coefficient (Wildman–Crippen LogP) is 3.58. The number of nitro groups is 1. The third-order valence-corrected chi connectivity index (χ3v) is 4.49. The summed E-state index contributed by atoms with van der Waals surface area (Å²) in [6.45, 7) is 0.996. The van der Waals surface area contributed by atoms with Gasteiger partial charge in [-0.1, -0.05) is 6.07 Å². The Balaban J connectivity index is 1.58. The Bertz CT molecular complexity index is 1010. The van der Waals surface area contributed by atoms with Gasteiger partial charge in [-0.05, 0) is 30.3 Å². The molecule has 1 aliphatic heterocycles. The highest BCUT2D eigenvalue weighted by Gasteiger charge is 2.33. The number of nitrogens with one attached hydrogen (secondary N) is 3. The third kappa shape index (κ3) is 5.41. The van der Waals surface area contributed by atoms with Crippen molar-refractivity contribution >= 4 is 34.7 Å². The molecule has 1 aliphatic rings. The van der Waals surface area contributed by atoms with Gasteiger partial charge in [0.05, 0.1) is 10.5 Å². The fourth-order valence-electron chi connectivity index (χ4n) is 3.01. The summed E-state index contributed by atoms with van der Waals surface area (Å²) in [4.78, 5) is 35.6. The normalized spacial score (nSPS) is 13.6. The average Bonchev–Trinajstić information content (AvgIpc) is 3.13. The molecule has 31 heavy (non-hydrogen) atoms. The molecule has 2 aromatic rings. The summed E-state index contributed by atoms with van der Waals surface area (Å²) < 4.78 is 38.3. The Morgan fingerprint density at radius 3 is 2.65 bits per heavy atom. The standard InChI is InChI=1S/C19H18F3N5O4/c20-19(21,22)12-4-5-15(16(10-12)27(30)31)23-7-6-17(28)25-13-2-1-3-14(11-13)26-9-8-24-18(26)29/h1-5,10-11,23H,6-9H2,(H,24,29)(H,25,28). The zero-order valence-corrected chi connectivity index (χ0v) is 16.0. The summed E-state index contributed by atoms with van der Waals surface area (Å²) in [5.41, 5.74) is -0.900. The molecule has 0 bridgehead atoms. The fourth-order valence-corrected chi connectivity index (χ4v) is 3.01. The summed E-state index contributed by atoms with van der Waals surface area (Å²) in [5.74, 6) is -0.412. The van der Waals surface area contributed by atoms with Gasteiger partial charge in [0.25, 0.3) is 5.69 Å². The highest BCUT2D eigenvalue weighted by molar-refractivity contribution is 5.96. The van der Waals surface area contributed by atoms with Crippen molar-refractivity contribution in [3.63, 3.8) is 0 Å². The Kier molecular flexibility index (Phi) is 6.28. The van der Waals surface area contributed by atoms with Crippen molar-refractivity contribution in [2.45, 2.75) is 12.6 Å². The molecule has 0 aliphatic carbocycles. The Hall–Kier alpha value is -3.83. The van der Waals surface area contributed by atoms with Crippen molar-refractivity contribution < 1.29 is 27.7 Å². The summed E-state index contributed by atoms with van der Waals surface area (Å²) in [6.07, 6.45) is -4.79. The minimum Gasteiger partial charge on any atom is -0.379 e. The lowest BCUT2D eigenvalue weighted by molar-refractivity contribution is -0.384. The van der Waals surface area contributed by atoms with E-state index in [-0.39, 0.29) is 24.7 Å². The maximum atomic E-state index is 12.8. The predicted molar refractivity (Wildman–Crippen MR) is 107 cm³/mol. The van der Waals surface area contributed by atoms with Crippen LogP contribution >= 0.6 is 0 Å². The molecule has 9 nitrogen and oxygen atoms in total. The van der Waals surface area contributed by atoms with Gasteiger partial charge in [0.1, 0.15) is 5.69 Å². The summed E-state index contributed by atoms with van der Waals surface area (Å²) >= 11 is 0. The minimum absolute atomic E-state index is 0.0355. The summed E-state index contributed by atoms with van der Waals surface area (Å²) in [6, 6.07) is 8.60. The van der Waals surface area contributed by atoms with Gasteiger partial charge in [-0.15, -0.1) is 0 Å². The van der Waals surface area contributed by atoms with Crippen molar-refractivity contribution in [3.05, 3.63) is 58.1 Å². The number of benzene rings is 2. The lowest BCUT2D eigenvalue weighted by Crippen LogP contribution is -2.27. The maximum Gasteiger partial charge on any atom is 0.416 e. The molecule has 0 unspecified atom stereocenters. The molecule has 12 heteroatoms. The minimum atomic E-state index is -4.70. The largest absolute Gasteiger partial charge is 0.416 e. The van der Waals surface area contributed by atoms with E-state index in [4.69, 9.17) is 0 Å². The zero-order valence-electron chi connectivity index (χ0n) is 16.0. The van der Waals surface area contributed by atoms with E-state index in [0.717, 1.165) is 12.1 Å². The molecule has 3 rings (SSSR count). The molecular formula is C19H18F3N5O4. The number of hydrogen-bond acceptors (Lipinski definition) is 5. The first-order valence-corrected chi connectivity index (χ1v) is 9.20.